The number of amides is 1. The van der Waals surface area contributed by atoms with Gasteiger partial charge in [-0.15, -0.1) is 34.0 Å². The molecule has 0 aliphatic carbocycles. The number of carbonyl (C=O) groups excluding carboxylic acids is 1. The molecule has 0 saturated heterocycles. The molecular formula is C14H11BrN2O5S4. The minimum absolute atomic E-state index is 0.0283. The average molecular weight is 495 g/mol. The molecule has 3 rings (SSSR count). The average Bonchev–Trinajstić information content (AvgIpc) is 3.32. The summed E-state index contributed by atoms with van der Waals surface area (Å²) in [7, 11) is -1.38. The Bertz CT molecular complexity index is 1050. The van der Waals surface area contributed by atoms with Gasteiger partial charge in [0.25, 0.3) is 15.9 Å². The van der Waals surface area contributed by atoms with E-state index >= 15 is 0 Å². The lowest BCUT2D eigenvalue weighted by molar-refractivity contribution is 0.0977. The quantitative estimate of drug-likeness (QED) is 0.559. The van der Waals surface area contributed by atoms with Crippen LogP contribution in [0.25, 0.3) is 9.88 Å². The summed E-state index contributed by atoms with van der Waals surface area (Å²) in [5.41, 5.74) is 0.0283. The highest BCUT2D eigenvalue weighted by Crippen LogP contribution is 2.40. The van der Waals surface area contributed by atoms with Gasteiger partial charge in [-0.3, -0.25) is 4.79 Å². The lowest BCUT2D eigenvalue weighted by atomic mass is 10.4. The summed E-state index contributed by atoms with van der Waals surface area (Å²) in [5, 5.41) is 5.55. The smallest absolute Gasteiger partial charge is 0.284 e. The van der Waals surface area contributed by atoms with E-state index in [4.69, 9.17) is 9.47 Å². The van der Waals surface area contributed by atoms with Gasteiger partial charge in [-0.2, -0.15) is 0 Å². The summed E-state index contributed by atoms with van der Waals surface area (Å²) in [6, 6.07) is 1.88. The van der Waals surface area contributed by atoms with Crippen LogP contribution in [0, 0.1) is 0 Å². The van der Waals surface area contributed by atoms with Crippen molar-refractivity contribution in [3.05, 3.63) is 32.4 Å². The van der Waals surface area contributed by atoms with Crippen LogP contribution in [0.2, 0.25) is 0 Å². The minimum Gasteiger partial charge on any atom is -0.492 e. The van der Waals surface area contributed by atoms with Crippen molar-refractivity contribution in [1.29, 1.82) is 0 Å². The second-order valence-corrected chi connectivity index (χ2v) is 10.2. The van der Waals surface area contributed by atoms with Gasteiger partial charge in [-0.25, -0.2) is 18.1 Å². The van der Waals surface area contributed by atoms with E-state index in [1.165, 1.54) is 47.7 Å². The largest absolute Gasteiger partial charge is 0.492 e. The molecule has 1 amide bonds. The number of nitrogens with zero attached hydrogens (tertiary/aromatic N) is 1. The van der Waals surface area contributed by atoms with Crippen LogP contribution in [0.15, 0.2) is 30.9 Å². The zero-order valence-corrected chi connectivity index (χ0v) is 18.2. The lowest BCUT2D eigenvalue weighted by Gasteiger charge is -2.07. The van der Waals surface area contributed by atoms with Crippen molar-refractivity contribution in [2.75, 3.05) is 14.2 Å². The minimum atomic E-state index is -4.12. The predicted molar refractivity (Wildman–Crippen MR) is 105 cm³/mol. The van der Waals surface area contributed by atoms with Crippen LogP contribution in [0.1, 0.15) is 10.5 Å². The molecular weight excluding hydrogens is 484 g/mol. The highest BCUT2D eigenvalue weighted by Gasteiger charge is 2.28. The number of carbonyl (C=O) groups is 1. The number of ether oxygens (including phenoxy) is 2. The van der Waals surface area contributed by atoms with Gasteiger partial charge in [0.1, 0.15) is 10.7 Å². The number of hydrogen-bond donors (Lipinski definition) is 1. The zero-order valence-electron chi connectivity index (χ0n) is 13.3. The number of methoxy groups -OCH3 is 2. The molecule has 0 spiro atoms. The van der Waals surface area contributed by atoms with E-state index < -0.39 is 15.9 Å². The maximum atomic E-state index is 12.5. The van der Waals surface area contributed by atoms with Crippen molar-refractivity contribution < 1.29 is 22.7 Å². The normalized spacial score (nSPS) is 11.3. The van der Waals surface area contributed by atoms with E-state index in [9.17, 15) is 13.2 Å². The Morgan fingerprint density at radius 3 is 2.54 bits per heavy atom. The highest BCUT2D eigenvalue weighted by molar-refractivity contribution is 9.10. The van der Waals surface area contributed by atoms with Crippen molar-refractivity contribution in [3.63, 3.8) is 0 Å². The first kappa shape index (κ1) is 19.3. The lowest BCUT2D eigenvalue weighted by Crippen LogP contribution is -2.30. The molecule has 3 heterocycles. The van der Waals surface area contributed by atoms with E-state index in [1.807, 2.05) is 16.2 Å². The third kappa shape index (κ3) is 3.78. The highest BCUT2D eigenvalue weighted by atomic mass is 79.9. The Balaban J connectivity index is 1.83. The molecule has 0 aliphatic rings. The summed E-state index contributed by atoms with van der Waals surface area (Å²) in [6.07, 6.45) is 0. The number of thiophene rings is 2. The maximum Gasteiger partial charge on any atom is 0.284 e. The zero-order chi connectivity index (χ0) is 18.9. The SMILES string of the molecule is COc1csc(S(=O)(=O)NC(=O)c2csc(-c3cc(Br)cs3)n2)c1OC. The topological polar surface area (TPSA) is 94.6 Å². The monoisotopic (exact) mass is 494 g/mol. The van der Waals surface area contributed by atoms with Crippen LogP contribution in [0.4, 0.5) is 0 Å². The molecule has 3 aromatic rings. The molecule has 0 atom stereocenters. The van der Waals surface area contributed by atoms with E-state index in [-0.39, 0.29) is 21.4 Å². The van der Waals surface area contributed by atoms with Crippen LogP contribution < -0.4 is 14.2 Å². The molecule has 0 fully saturated rings. The first-order chi connectivity index (χ1) is 12.4. The number of aromatic nitrogens is 1. The number of nitrogens with one attached hydrogen (secondary N) is 1. The van der Waals surface area contributed by atoms with E-state index in [1.54, 1.807) is 0 Å². The summed E-state index contributed by atoms with van der Waals surface area (Å²) in [6.45, 7) is 0. The molecule has 3 aromatic heterocycles. The molecule has 7 nitrogen and oxygen atoms in total. The van der Waals surface area contributed by atoms with Gasteiger partial charge in [0, 0.05) is 20.6 Å². The Hall–Kier alpha value is -1.47. The standard InChI is InChI=1S/C14H11BrN2O5S4/c1-21-9-6-25-14(11(9)22-2)26(19,20)17-12(18)8-5-24-13(16-8)10-3-7(15)4-23-10/h3-6H,1-2H3,(H,17,18). The van der Waals surface area contributed by atoms with E-state index in [0.29, 0.717) is 5.01 Å². The molecule has 12 heteroatoms. The van der Waals surface area contributed by atoms with Gasteiger partial charge in [0.05, 0.1) is 19.1 Å². The molecule has 26 heavy (non-hydrogen) atoms. The number of hydrogen-bond acceptors (Lipinski definition) is 9. The fourth-order valence-electron chi connectivity index (χ4n) is 1.96. The summed E-state index contributed by atoms with van der Waals surface area (Å²) in [5.74, 6) is -0.470. The van der Waals surface area contributed by atoms with Crippen LogP contribution in [0.3, 0.4) is 0 Å². The first-order valence-electron chi connectivity index (χ1n) is 6.82. The molecule has 0 saturated carbocycles. The van der Waals surface area contributed by atoms with Gasteiger partial charge >= 0.3 is 0 Å². The Morgan fingerprint density at radius 2 is 1.92 bits per heavy atom. The summed E-state index contributed by atoms with van der Waals surface area (Å²) < 4.78 is 38.0. The van der Waals surface area contributed by atoms with Crippen LogP contribution >= 0.6 is 49.9 Å². The van der Waals surface area contributed by atoms with Crippen molar-refractivity contribution >= 4 is 65.9 Å². The second kappa shape index (κ2) is 7.64. The molecule has 1 N–H and O–H groups in total. The number of sulfonamides is 1. The fraction of sp³-hybridized carbons (Fsp3) is 0.143. The molecule has 138 valence electrons. The van der Waals surface area contributed by atoms with Gasteiger partial charge in [0.2, 0.25) is 0 Å². The number of thiazole rings is 1. The number of halogens is 1. The summed E-state index contributed by atoms with van der Waals surface area (Å²) >= 11 is 6.99. The Labute approximate surface area is 169 Å². The second-order valence-electron chi connectivity index (χ2n) is 4.73. The third-order valence-electron chi connectivity index (χ3n) is 3.09. The van der Waals surface area contributed by atoms with Crippen molar-refractivity contribution in [3.8, 4) is 21.4 Å². The van der Waals surface area contributed by atoms with Crippen LogP contribution in [0.5, 0.6) is 11.5 Å². The molecule has 0 aromatic carbocycles. The van der Waals surface area contributed by atoms with Gasteiger partial charge in [0.15, 0.2) is 15.7 Å². The maximum absolute atomic E-state index is 12.5. The van der Waals surface area contributed by atoms with Gasteiger partial charge in [-0.1, -0.05) is 0 Å². The fourth-order valence-corrected chi connectivity index (χ4v) is 6.62. The molecule has 0 unspecified atom stereocenters. The van der Waals surface area contributed by atoms with E-state index in [2.05, 4.69) is 20.9 Å². The van der Waals surface area contributed by atoms with Crippen molar-refractivity contribution in [1.82, 2.24) is 9.71 Å². The predicted octanol–water partition coefficient (Wildman–Crippen LogP) is 3.83. The van der Waals surface area contributed by atoms with Crippen LogP contribution in [-0.2, 0) is 10.0 Å². The van der Waals surface area contributed by atoms with Gasteiger partial charge in [-0.05, 0) is 22.0 Å². The molecule has 0 aliphatic heterocycles. The third-order valence-corrected chi connectivity index (χ3v) is 8.60. The molecule has 0 bridgehead atoms. The van der Waals surface area contributed by atoms with Crippen molar-refractivity contribution in [2.24, 2.45) is 0 Å². The first-order valence-corrected chi connectivity index (χ1v) is 11.7. The van der Waals surface area contributed by atoms with Crippen molar-refractivity contribution in [2.45, 2.75) is 4.21 Å². The Morgan fingerprint density at radius 1 is 1.15 bits per heavy atom. The Kier molecular flexibility index (Phi) is 5.67. The van der Waals surface area contributed by atoms with Gasteiger partial charge < -0.3 is 9.47 Å². The van der Waals surface area contributed by atoms with E-state index in [0.717, 1.165) is 20.7 Å². The summed E-state index contributed by atoms with van der Waals surface area (Å²) in [4.78, 5) is 17.4. The van der Waals surface area contributed by atoms with Crippen LogP contribution in [-0.4, -0.2) is 33.5 Å². The molecule has 0 radical (unpaired) electrons. The number of rotatable bonds is 6.